The summed E-state index contributed by atoms with van der Waals surface area (Å²) in [5.74, 6) is 1.71. The van der Waals surface area contributed by atoms with Crippen molar-refractivity contribution >= 4 is 15.9 Å². The van der Waals surface area contributed by atoms with Crippen molar-refractivity contribution < 1.29 is 9.13 Å². The van der Waals surface area contributed by atoms with E-state index in [9.17, 15) is 4.39 Å². The molecule has 4 heteroatoms. The molecule has 0 bridgehead atoms. The van der Waals surface area contributed by atoms with E-state index in [1.807, 2.05) is 24.3 Å². The Bertz CT molecular complexity index is 584. The van der Waals surface area contributed by atoms with Crippen LogP contribution in [0.5, 0.6) is 11.5 Å². The molecule has 2 rings (SSSR count). The first kappa shape index (κ1) is 16.0. The highest BCUT2D eigenvalue weighted by Crippen LogP contribution is 2.27. The summed E-state index contributed by atoms with van der Waals surface area (Å²) in [5.41, 5.74) is 0.818. The van der Waals surface area contributed by atoms with Crippen LogP contribution in [0.4, 0.5) is 4.39 Å². The van der Waals surface area contributed by atoms with E-state index < -0.39 is 0 Å². The van der Waals surface area contributed by atoms with Crippen LogP contribution >= 0.6 is 15.9 Å². The lowest BCUT2D eigenvalue weighted by atomic mass is 10.1. The van der Waals surface area contributed by atoms with Crippen LogP contribution < -0.4 is 10.1 Å². The molecule has 0 fully saturated rings. The third-order valence-corrected chi connectivity index (χ3v) is 3.46. The summed E-state index contributed by atoms with van der Waals surface area (Å²) >= 11 is 3.39. The summed E-state index contributed by atoms with van der Waals surface area (Å²) in [6.07, 6.45) is 0. The number of hydrogen-bond donors (Lipinski definition) is 1. The molecule has 112 valence electrons. The Balaban J connectivity index is 2.12. The van der Waals surface area contributed by atoms with Crippen molar-refractivity contribution in [2.45, 2.75) is 20.4 Å². The minimum absolute atomic E-state index is 0.250. The maximum absolute atomic E-state index is 13.4. The van der Waals surface area contributed by atoms with Crippen LogP contribution in [0.2, 0.25) is 0 Å². The summed E-state index contributed by atoms with van der Waals surface area (Å²) in [6.45, 7) is 5.74. The zero-order valence-corrected chi connectivity index (χ0v) is 13.8. The van der Waals surface area contributed by atoms with Crippen molar-refractivity contribution in [3.8, 4) is 11.5 Å². The Kier molecular flexibility index (Phi) is 5.76. The normalized spacial score (nSPS) is 10.9. The first-order valence-corrected chi connectivity index (χ1v) is 7.76. The molecule has 0 aliphatic carbocycles. The van der Waals surface area contributed by atoms with Gasteiger partial charge < -0.3 is 10.1 Å². The molecule has 0 radical (unpaired) electrons. The number of benzene rings is 2. The van der Waals surface area contributed by atoms with Gasteiger partial charge in [-0.25, -0.2) is 4.39 Å². The molecule has 2 nitrogen and oxygen atoms in total. The molecule has 0 saturated heterocycles. The average molecular weight is 352 g/mol. The molecule has 0 unspecified atom stereocenters. The smallest absolute Gasteiger partial charge is 0.132 e. The minimum atomic E-state index is -0.250. The van der Waals surface area contributed by atoms with Gasteiger partial charge in [-0.05, 0) is 54.9 Å². The summed E-state index contributed by atoms with van der Waals surface area (Å²) in [7, 11) is 0. The van der Waals surface area contributed by atoms with Crippen molar-refractivity contribution in [3.63, 3.8) is 0 Å². The molecule has 0 spiro atoms. The second-order valence-electron chi connectivity index (χ2n) is 5.33. The Hall–Kier alpha value is -1.39. The van der Waals surface area contributed by atoms with Gasteiger partial charge in [0.1, 0.15) is 17.3 Å². The minimum Gasteiger partial charge on any atom is -0.457 e. The van der Waals surface area contributed by atoms with Gasteiger partial charge in [0.25, 0.3) is 0 Å². The van der Waals surface area contributed by atoms with Crippen LogP contribution in [0.3, 0.4) is 0 Å². The van der Waals surface area contributed by atoms with Crippen LogP contribution in [-0.4, -0.2) is 6.54 Å². The fourth-order valence-corrected chi connectivity index (χ4v) is 2.18. The predicted octanol–water partition coefficient (Wildman–Crippen LogP) is 5.13. The lowest BCUT2D eigenvalue weighted by molar-refractivity contribution is 0.466. The first-order valence-electron chi connectivity index (χ1n) is 6.97. The van der Waals surface area contributed by atoms with E-state index >= 15 is 0 Å². The number of rotatable bonds is 6. The first-order chi connectivity index (χ1) is 10.0. The Labute approximate surface area is 133 Å². The zero-order valence-electron chi connectivity index (χ0n) is 12.2. The van der Waals surface area contributed by atoms with Gasteiger partial charge in [0.15, 0.2) is 0 Å². The second-order valence-corrected chi connectivity index (χ2v) is 6.25. The van der Waals surface area contributed by atoms with Crippen LogP contribution in [0.1, 0.15) is 19.4 Å². The maximum atomic E-state index is 13.4. The Morgan fingerprint density at radius 2 is 1.86 bits per heavy atom. The van der Waals surface area contributed by atoms with E-state index in [2.05, 4.69) is 35.1 Å². The molecule has 0 aliphatic heterocycles. The topological polar surface area (TPSA) is 21.3 Å². The predicted molar refractivity (Wildman–Crippen MR) is 87.2 cm³/mol. The van der Waals surface area contributed by atoms with E-state index in [-0.39, 0.29) is 5.82 Å². The number of ether oxygens (including phenoxy) is 1. The summed E-state index contributed by atoms with van der Waals surface area (Å²) in [6, 6.07) is 12.2. The molecule has 2 aromatic rings. The average Bonchev–Trinajstić information content (AvgIpc) is 2.43. The molecule has 2 aromatic carbocycles. The van der Waals surface area contributed by atoms with Gasteiger partial charge in [0, 0.05) is 16.6 Å². The van der Waals surface area contributed by atoms with Crippen LogP contribution in [0.15, 0.2) is 46.9 Å². The molecule has 1 N–H and O–H groups in total. The van der Waals surface area contributed by atoms with Crippen LogP contribution in [-0.2, 0) is 6.54 Å². The summed E-state index contributed by atoms with van der Waals surface area (Å²) < 4.78 is 20.3. The molecule has 0 saturated carbocycles. The monoisotopic (exact) mass is 351 g/mol. The van der Waals surface area contributed by atoms with Crippen molar-refractivity contribution in [2.75, 3.05) is 6.54 Å². The highest BCUT2D eigenvalue weighted by molar-refractivity contribution is 9.10. The largest absolute Gasteiger partial charge is 0.457 e. The molecule has 0 atom stereocenters. The van der Waals surface area contributed by atoms with Gasteiger partial charge >= 0.3 is 0 Å². The number of hydrogen-bond acceptors (Lipinski definition) is 2. The third-order valence-electron chi connectivity index (χ3n) is 2.93. The van der Waals surface area contributed by atoms with Gasteiger partial charge in [0.05, 0.1) is 0 Å². The van der Waals surface area contributed by atoms with Crippen molar-refractivity contribution in [1.29, 1.82) is 0 Å². The fourth-order valence-electron chi connectivity index (χ4n) is 1.91. The molecule has 0 aliphatic rings. The molecular formula is C17H19BrFNO. The highest BCUT2D eigenvalue weighted by Gasteiger charge is 2.07. The van der Waals surface area contributed by atoms with Crippen molar-refractivity contribution in [3.05, 3.63) is 58.3 Å². The van der Waals surface area contributed by atoms with E-state index in [4.69, 9.17) is 4.74 Å². The van der Waals surface area contributed by atoms with Gasteiger partial charge in [0.2, 0.25) is 0 Å². The number of halogens is 2. The van der Waals surface area contributed by atoms with Crippen LogP contribution in [0, 0.1) is 11.7 Å². The molecule has 0 amide bonds. The summed E-state index contributed by atoms with van der Waals surface area (Å²) in [5, 5.41) is 3.31. The van der Waals surface area contributed by atoms with Gasteiger partial charge in [-0.2, -0.15) is 0 Å². The number of nitrogens with one attached hydrogen (secondary N) is 1. The lowest BCUT2D eigenvalue weighted by Crippen LogP contribution is -2.19. The van der Waals surface area contributed by atoms with Gasteiger partial charge in [-0.15, -0.1) is 0 Å². The zero-order chi connectivity index (χ0) is 15.2. The summed E-state index contributed by atoms with van der Waals surface area (Å²) in [4.78, 5) is 0. The molecule has 0 aromatic heterocycles. The molecular weight excluding hydrogens is 333 g/mol. The quantitative estimate of drug-likeness (QED) is 0.779. The lowest BCUT2D eigenvalue weighted by Gasteiger charge is -2.13. The highest BCUT2D eigenvalue weighted by atomic mass is 79.9. The van der Waals surface area contributed by atoms with Crippen LogP contribution in [0.25, 0.3) is 0 Å². The second kappa shape index (κ2) is 7.57. The van der Waals surface area contributed by atoms with Crippen molar-refractivity contribution in [2.24, 2.45) is 5.92 Å². The standard InChI is InChI=1S/C17H19BrFNO/c1-12(2)10-20-11-13-9-15(19)5-8-17(13)21-16-6-3-14(18)4-7-16/h3-9,12,20H,10-11H2,1-2H3. The van der Waals surface area contributed by atoms with Crippen molar-refractivity contribution in [1.82, 2.24) is 5.32 Å². The van der Waals surface area contributed by atoms with E-state index in [0.717, 1.165) is 22.3 Å². The van der Waals surface area contributed by atoms with E-state index in [0.29, 0.717) is 18.2 Å². The molecule has 21 heavy (non-hydrogen) atoms. The fraction of sp³-hybridized carbons (Fsp3) is 0.294. The van der Waals surface area contributed by atoms with E-state index in [1.165, 1.54) is 12.1 Å². The Morgan fingerprint density at radius 3 is 2.52 bits per heavy atom. The van der Waals surface area contributed by atoms with E-state index in [1.54, 1.807) is 6.07 Å². The SMILES string of the molecule is CC(C)CNCc1cc(F)ccc1Oc1ccc(Br)cc1. The maximum Gasteiger partial charge on any atom is 0.132 e. The van der Waals surface area contributed by atoms with Gasteiger partial charge in [-0.1, -0.05) is 29.8 Å². The Morgan fingerprint density at radius 1 is 1.14 bits per heavy atom. The third kappa shape index (κ3) is 5.14. The molecule has 0 heterocycles. The van der Waals surface area contributed by atoms with Gasteiger partial charge in [-0.3, -0.25) is 0 Å².